The Kier molecular flexibility index (Phi) is 5.59. The first-order valence-electron chi connectivity index (χ1n) is 9.47. The summed E-state index contributed by atoms with van der Waals surface area (Å²) >= 11 is 6.10. The Morgan fingerprint density at radius 3 is 2.52 bits per heavy atom. The van der Waals surface area contributed by atoms with Gasteiger partial charge >= 0.3 is 0 Å². The van der Waals surface area contributed by atoms with Crippen molar-refractivity contribution in [2.24, 2.45) is 0 Å². The number of aryl methyl sites for hydroxylation is 1. The highest BCUT2D eigenvalue weighted by Crippen LogP contribution is 2.26. The molecule has 2 aromatic carbocycles. The summed E-state index contributed by atoms with van der Waals surface area (Å²) in [4.78, 5) is 8.63. The van der Waals surface area contributed by atoms with Crippen LogP contribution in [0.3, 0.4) is 0 Å². The highest BCUT2D eigenvalue weighted by Gasteiger charge is 2.24. The van der Waals surface area contributed by atoms with E-state index >= 15 is 0 Å². The molecule has 148 valence electrons. The van der Waals surface area contributed by atoms with Crippen molar-refractivity contribution in [3.8, 4) is 11.8 Å². The van der Waals surface area contributed by atoms with Gasteiger partial charge in [-0.1, -0.05) is 35.4 Å². The van der Waals surface area contributed by atoms with Gasteiger partial charge in [0.2, 0.25) is 17.5 Å². The first-order valence-corrected chi connectivity index (χ1v) is 9.85. The molecule has 0 saturated carbocycles. The van der Waals surface area contributed by atoms with E-state index in [9.17, 15) is 5.26 Å². The molecule has 0 radical (unpaired) electrons. The molecule has 6 nitrogen and oxygen atoms in total. The fourth-order valence-corrected chi connectivity index (χ4v) is 3.51. The molecule has 0 aliphatic carbocycles. The van der Waals surface area contributed by atoms with Crippen LogP contribution in [0.2, 0.25) is 5.02 Å². The van der Waals surface area contributed by atoms with Crippen LogP contribution in [-0.4, -0.2) is 31.2 Å². The molecular formula is C22H21ClN4O2. The molecule has 0 atom stereocenters. The number of piperazine rings is 1. The average molecular weight is 409 g/mol. The quantitative estimate of drug-likeness (QED) is 0.622. The smallest absolute Gasteiger partial charge is 0.236 e. The fourth-order valence-electron chi connectivity index (χ4n) is 3.32. The lowest BCUT2D eigenvalue weighted by Gasteiger charge is -2.35. The number of nitriles is 1. The molecule has 7 heteroatoms. The zero-order chi connectivity index (χ0) is 20.2. The summed E-state index contributed by atoms with van der Waals surface area (Å²) in [6, 6.07) is 17.7. The summed E-state index contributed by atoms with van der Waals surface area (Å²) in [7, 11) is 0. The Morgan fingerprint density at radius 1 is 1.10 bits per heavy atom. The van der Waals surface area contributed by atoms with Crippen molar-refractivity contribution in [2.75, 3.05) is 36.0 Å². The number of halogens is 1. The van der Waals surface area contributed by atoms with Gasteiger partial charge < -0.3 is 19.0 Å². The van der Waals surface area contributed by atoms with E-state index in [4.69, 9.17) is 20.8 Å². The minimum Gasteiger partial charge on any atom is -0.484 e. The Labute approximate surface area is 174 Å². The minimum atomic E-state index is 0.181. The molecule has 1 fully saturated rings. The van der Waals surface area contributed by atoms with Gasteiger partial charge in [0, 0.05) is 36.9 Å². The van der Waals surface area contributed by atoms with Crippen LogP contribution in [0.25, 0.3) is 0 Å². The number of rotatable bonds is 5. The number of oxazole rings is 1. The highest BCUT2D eigenvalue weighted by molar-refractivity contribution is 6.30. The molecule has 1 aliphatic heterocycles. The molecule has 1 aromatic heterocycles. The van der Waals surface area contributed by atoms with Crippen molar-refractivity contribution in [3.63, 3.8) is 0 Å². The van der Waals surface area contributed by atoms with Crippen molar-refractivity contribution in [1.82, 2.24) is 4.98 Å². The van der Waals surface area contributed by atoms with E-state index in [0.717, 1.165) is 42.6 Å². The number of benzene rings is 2. The highest BCUT2D eigenvalue weighted by atomic mass is 35.5. The molecule has 1 aliphatic rings. The van der Waals surface area contributed by atoms with Crippen molar-refractivity contribution in [3.05, 3.63) is 70.7 Å². The van der Waals surface area contributed by atoms with Gasteiger partial charge in [-0.15, -0.1) is 0 Å². The van der Waals surface area contributed by atoms with E-state index in [2.05, 4.69) is 26.9 Å². The van der Waals surface area contributed by atoms with E-state index in [1.165, 1.54) is 5.56 Å². The van der Waals surface area contributed by atoms with Gasteiger partial charge in [-0.25, -0.2) is 0 Å². The number of ether oxygens (including phenoxy) is 1. The van der Waals surface area contributed by atoms with Crippen LogP contribution < -0.4 is 14.5 Å². The van der Waals surface area contributed by atoms with Crippen LogP contribution in [0.1, 0.15) is 17.1 Å². The molecule has 3 aromatic rings. The Morgan fingerprint density at radius 2 is 1.83 bits per heavy atom. The van der Waals surface area contributed by atoms with Crippen LogP contribution in [0.5, 0.6) is 5.75 Å². The fraction of sp³-hybridized carbons (Fsp3) is 0.273. The minimum absolute atomic E-state index is 0.181. The molecule has 2 heterocycles. The van der Waals surface area contributed by atoms with Gasteiger partial charge in [0.05, 0.1) is 0 Å². The van der Waals surface area contributed by atoms with Crippen molar-refractivity contribution < 1.29 is 9.15 Å². The van der Waals surface area contributed by atoms with E-state index in [1.54, 1.807) is 0 Å². The predicted molar refractivity (Wildman–Crippen MR) is 113 cm³/mol. The van der Waals surface area contributed by atoms with Crippen molar-refractivity contribution in [2.45, 2.75) is 13.5 Å². The van der Waals surface area contributed by atoms with Crippen LogP contribution in [0.15, 0.2) is 52.9 Å². The summed E-state index contributed by atoms with van der Waals surface area (Å²) in [6.45, 7) is 5.28. The Hall–Kier alpha value is -3.17. The van der Waals surface area contributed by atoms with E-state index < -0.39 is 0 Å². The standard InChI is InChI=1S/C22H21ClN4O2/c1-16-5-7-19(8-6-16)28-15-21-25-20(14-24)22(29-21)27-11-9-26(10-12-27)18-4-2-3-17(23)13-18/h2-8,13H,9-12,15H2,1H3. The average Bonchev–Trinajstić information content (AvgIpc) is 3.17. The molecule has 4 rings (SSSR count). The largest absolute Gasteiger partial charge is 0.484 e. The molecular weight excluding hydrogens is 388 g/mol. The van der Waals surface area contributed by atoms with E-state index in [1.807, 2.05) is 49.4 Å². The summed E-state index contributed by atoms with van der Waals surface area (Å²) in [5, 5.41) is 10.2. The van der Waals surface area contributed by atoms with Gasteiger partial charge in [-0.3, -0.25) is 0 Å². The Bertz CT molecular complexity index is 1020. The summed E-state index contributed by atoms with van der Waals surface area (Å²) < 4.78 is 11.6. The molecule has 0 amide bonds. The molecule has 0 spiro atoms. The second-order valence-electron chi connectivity index (χ2n) is 6.93. The second kappa shape index (κ2) is 8.46. The van der Waals surface area contributed by atoms with Crippen LogP contribution in [0, 0.1) is 18.3 Å². The first kappa shape index (κ1) is 19.2. The maximum absolute atomic E-state index is 9.47. The monoisotopic (exact) mass is 408 g/mol. The molecule has 0 N–H and O–H groups in total. The first-order chi connectivity index (χ1) is 14.1. The topological polar surface area (TPSA) is 65.5 Å². The van der Waals surface area contributed by atoms with Crippen molar-refractivity contribution in [1.29, 1.82) is 5.26 Å². The van der Waals surface area contributed by atoms with E-state index in [-0.39, 0.29) is 6.61 Å². The number of nitrogens with zero attached hydrogens (tertiary/aromatic N) is 4. The third-order valence-corrected chi connectivity index (χ3v) is 5.12. The summed E-state index contributed by atoms with van der Waals surface area (Å²) in [6.07, 6.45) is 0. The van der Waals surface area contributed by atoms with Crippen molar-refractivity contribution >= 4 is 23.2 Å². The SMILES string of the molecule is Cc1ccc(OCc2nc(C#N)c(N3CCN(c4cccc(Cl)c4)CC3)o2)cc1. The molecule has 0 bridgehead atoms. The third kappa shape index (κ3) is 4.47. The predicted octanol–water partition coefficient (Wildman–Crippen LogP) is 4.41. The zero-order valence-electron chi connectivity index (χ0n) is 16.1. The molecule has 1 saturated heterocycles. The number of hydrogen-bond donors (Lipinski definition) is 0. The van der Waals surface area contributed by atoms with Gasteiger partial charge in [-0.05, 0) is 37.3 Å². The maximum atomic E-state index is 9.47. The second-order valence-corrected chi connectivity index (χ2v) is 7.37. The van der Waals surface area contributed by atoms with Gasteiger partial charge in [0.25, 0.3) is 0 Å². The van der Waals surface area contributed by atoms with Gasteiger partial charge in [-0.2, -0.15) is 10.2 Å². The zero-order valence-corrected chi connectivity index (χ0v) is 16.9. The van der Waals surface area contributed by atoms with Crippen LogP contribution in [-0.2, 0) is 6.61 Å². The van der Waals surface area contributed by atoms with Crippen LogP contribution >= 0.6 is 11.6 Å². The number of hydrogen-bond acceptors (Lipinski definition) is 6. The summed E-state index contributed by atoms with van der Waals surface area (Å²) in [5.74, 6) is 1.65. The van der Waals surface area contributed by atoms with E-state index in [0.29, 0.717) is 17.5 Å². The Balaban J connectivity index is 1.41. The molecule has 29 heavy (non-hydrogen) atoms. The summed E-state index contributed by atoms with van der Waals surface area (Å²) in [5.41, 5.74) is 2.56. The molecule has 0 unspecified atom stereocenters. The normalized spacial score (nSPS) is 14.0. The number of anilines is 2. The maximum Gasteiger partial charge on any atom is 0.236 e. The van der Waals surface area contributed by atoms with Crippen LogP contribution in [0.4, 0.5) is 11.6 Å². The number of aromatic nitrogens is 1. The van der Waals surface area contributed by atoms with Gasteiger partial charge in [0.1, 0.15) is 11.8 Å². The lowest BCUT2D eigenvalue weighted by atomic mass is 10.2. The lowest BCUT2D eigenvalue weighted by Crippen LogP contribution is -2.46. The van der Waals surface area contributed by atoms with Gasteiger partial charge in [0.15, 0.2) is 6.61 Å². The third-order valence-electron chi connectivity index (χ3n) is 4.88. The lowest BCUT2D eigenvalue weighted by molar-refractivity contribution is 0.263.